The summed E-state index contributed by atoms with van der Waals surface area (Å²) in [5.41, 5.74) is 0.171. The average molecular weight is 388 g/mol. The molecule has 0 fully saturated rings. The van der Waals surface area contributed by atoms with Gasteiger partial charge in [0, 0.05) is 17.7 Å². The Labute approximate surface area is 156 Å². The number of non-ortho nitro benzene ring substituents is 1. The van der Waals surface area contributed by atoms with Crippen molar-refractivity contribution in [1.82, 2.24) is 14.9 Å². The first-order valence-corrected chi connectivity index (χ1v) is 8.57. The molecule has 0 bridgehead atoms. The van der Waals surface area contributed by atoms with Gasteiger partial charge < -0.3 is 11.2 Å². The van der Waals surface area contributed by atoms with Gasteiger partial charge >= 0.3 is 0 Å². The minimum Gasteiger partial charge on any atom is -0.335 e. The maximum absolute atomic E-state index is 13.7. The topological polar surface area (TPSA) is 129 Å². The van der Waals surface area contributed by atoms with Gasteiger partial charge in [0.1, 0.15) is 5.82 Å². The molecule has 0 radical (unpaired) electrons. The second-order valence-corrected chi connectivity index (χ2v) is 6.24. The summed E-state index contributed by atoms with van der Waals surface area (Å²) in [6.07, 6.45) is 0. The highest BCUT2D eigenvalue weighted by atomic mass is 32.2. The van der Waals surface area contributed by atoms with E-state index in [0.29, 0.717) is 11.0 Å². The van der Waals surface area contributed by atoms with E-state index < -0.39 is 16.6 Å². The molecule has 27 heavy (non-hydrogen) atoms. The normalized spacial score (nSPS) is 10.6. The molecule has 1 aromatic heterocycles. The lowest BCUT2D eigenvalue weighted by atomic mass is 10.2. The number of rotatable bonds is 6. The molecule has 0 aliphatic heterocycles. The number of thioether (sulfide) groups is 1. The number of amides is 1. The largest absolute Gasteiger partial charge is 0.335 e. The van der Waals surface area contributed by atoms with Crippen LogP contribution in [0, 0.1) is 15.9 Å². The summed E-state index contributed by atoms with van der Waals surface area (Å²) in [5, 5.41) is 21.3. The number of nitrogens with two attached hydrogens (primary N) is 1. The molecule has 138 valence electrons. The van der Waals surface area contributed by atoms with Gasteiger partial charge in [0.15, 0.2) is 5.82 Å². The number of halogens is 1. The van der Waals surface area contributed by atoms with Crippen molar-refractivity contribution in [2.75, 3.05) is 16.9 Å². The van der Waals surface area contributed by atoms with Gasteiger partial charge in [-0.25, -0.2) is 9.07 Å². The summed E-state index contributed by atoms with van der Waals surface area (Å²) in [6.45, 7) is 0. The van der Waals surface area contributed by atoms with Crippen LogP contribution in [0.25, 0.3) is 11.4 Å². The minimum atomic E-state index is -0.771. The Hall–Kier alpha value is -3.47. The van der Waals surface area contributed by atoms with Crippen molar-refractivity contribution >= 4 is 29.0 Å². The van der Waals surface area contributed by atoms with Crippen molar-refractivity contribution in [3.8, 4) is 11.4 Å². The number of benzene rings is 2. The number of hydrogen-bond donors (Lipinski definition) is 2. The summed E-state index contributed by atoms with van der Waals surface area (Å²) in [7, 11) is 0. The summed E-state index contributed by atoms with van der Waals surface area (Å²) in [6, 6.07) is 12.0. The third-order valence-corrected chi connectivity index (χ3v) is 4.41. The molecule has 3 aromatic rings. The van der Waals surface area contributed by atoms with Crippen LogP contribution in [0.5, 0.6) is 0 Å². The standard InChI is InChI=1S/C16H13FN6O3S/c17-12-7-6-11(23(25)26)8-13(12)19-14(24)9-27-16-21-20-15(22(16)18)10-4-2-1-3-5-10/h1-8H,9,18H2,(H,19,24). The van der Waals surface area contributed by atoms with Crippen LogP contribution in [0.15, 0.2) is 53.7 Å². The zero-order valence-corrected chi connectivity index (χ0v) is 14.5. The zero-order valence-electron chi connectivity index (χ0n) is 13.7. The fourth-order valence-corrected chi connectivity index (χ4v) is 2.86. The Bertz CT molecular complexity index is 995. The van der Waals surface area contributed by atoms with Gasteiger partial charge in [0.2, 0.25) is 11.1 Å². The second-order valence-electron chi connectivity index (χ2n) is 5.30. The Balaban J connectivity index is 1.66. The maximum atomic E-state index is 13.7. The molecule has 3 rings (SSSR count). The number of aromatic nitrogens is 3. The molecule has 1 heterocycles. The van der Waals surface area contributed by atoms with E-state index in [0.717, 1.165) is 35.5 Å². The van der Waals surface area contributed by atoms with Gasteiger partial charge in [-0.2, -0.15) is 0 Å². The van der Waals surface area contributed by atoms with E-state index in [1.165, 1.54) is 4.68 Å². The van der Waals surface area contributed by atoms with Crippen LogP contribution < -0.4 is 11.2 Å². The molecule has 0 spiro atoms. The van der Waals surface area contributed by atoms with Crippen molar-refractivity contribution in [2.45, 2.75) is 5.16 Å². The Kier molecular flexibility index (Phi) is 5.31. The van der Waals surface area contributed by atoms with Crippen LogP contribution >= 0.6 is 11.8 Å². The number of anilines is 1. The molecule has 11 heteroatoms. The summed E-state index contributed by atoms with van der Waals surface area (Å²) in [5.74, 6) is 4.92. The molecule has 0 unspecified atom stereocenters. The molecule has 9 nitrogen and oxygen atoms in total. The van der Waals surface area contributed by atoms with Crippen molar-refractivity contribution < 1.29 is 14.1 Å². The van der Waals surface area contributed by atoms with E-state index in [9.17, 15) is 19.3 Å². The van der Waals surface area contributed by atoms with E-state index in [1.807, 2.05) is 30.3 Å². The number of nitrogens with one attached hydrogen (secondary N) is 1. The van der Waals surface area contributed by atoms with Crippen molar-refractivity contribution in [1.29, 1.82) is 0 Å². The molecule has 1 amide bonds. The SMILES string of the molecule is Nn1c(SCC(=O)Nc2cc([N+](=O)[O-])ccc2F)nnc1-c1ccccc1. The van der Waals surface area contributed by atoms with E-state index in [-0.39, 0.29) is 17.1 Å². The summed E-state index contributed by atoms with van der Waals surface area (Å²) in [4.78, 5) is 22.1. The lowest BCUT2D eigenvalue weighted by molar-refractivity contribution is -0.384. The number of carbonyl (C=O) groups is 1. The fraction of sp³-hybridized carbons (Fsp3) is 0.0625. The highest BCUT2D eigenvalue weighted by molar-refractivity contribution is 7.99. The first-order chi connectivity index (χ1) is 13.0. The Morgan fingerprint density at radius 3 is 2.70 bits per heavy atom. The van der Waals surface area contributed by atoms with Gasteiger partial charge in [-0.15, -0.1) is 10.2 Å². The van der Waals surface area contributed by atoms with E-state index in [1.54, 1.807) is 0 Å². The zero-order chi connectivity index (χ0) is 19.4. The van der Waals surface area contributed by atoms with Gasteiger partial charge in [0.05, 0.1) is 16.4 Å². The maximum Gasteiger partial charge on any atom is 0.271 e. The molecule has 0 aliphatic rings. The van der Waals surface area contributed by atoms with Crippen molar-refractivity contribution in [2.24, 2.45) is 0 Å². The lowest BCUT2D eigenvalue weighted by Crippen LogP contribution is -2.17. The number of nitro benzene ring substituents is 1. The van der Waals surface area contributed by atoms with Gasteiger partial charge in [-0.3, -0.25) is 14.9 Å². The second kappa shape index (κ2) is 7.83. The first-order valence-electron chi connectivity index (χ1n) is 7.58. The third-order valence-electron chi connectivity index (χ3n) is 3.46. The summed E-state index contributed by atoms with van der Waals surface area (Å²) < 4.78 is 15.0. The number of nitrogens with zero attached hydrogens (tertiary/aromatic N) is 4. The van der Waals surface area contributed by atoms with Crippen LogP contribution in [0.4, 0.5) is 15.8 Å². The van der Waals surface area contributed by atoms with E-state index in [2.05, 4.69) is 15.5 Å². The van der Waals surface area contributed by atoms with Crippen molar-refractivity contribution in [3.05, 3.63) is 64.5 Å². The van der Waals surface area contributed by atoms with Crippen LogP contribution in [0.3, 0.4) is 0 Å². The van der Waals surface area contributed by atoms with Crippen LogP contribution in [-0.4, -0.2) is 31.5 Å². The highest BCUT2D eigenvalue weighted by Crippen LogP contribution is 2.23. The molecule has 2 aromatic carbocycles. The molecular formula is C16H13FN6O3S. The fourth-order valence-electron chi connectivity index (χ4n) is 2.20. The van der Waals surface area contributed by atoms with Crippen LogP contribution in [-0.2, 0) is 4.79 Å². The van der Waals surface area contributed by atoms with Crippen LogP contribution in [0.1, 0.15) is 0 Å². The first kappa shape index (κ1) is 18.3. The molecule has 0 aliphatic carbocycles. The Morgan fingerprint density at radius 2 is 2.00 bits per heavy atom. The number of hydrogen-bond acceptors (Lipinski definition) is 7. The van der Waals surface area contributed by atoms with E-state index >= 15 is 0 Å². The summed E-state index contributed by atoms with van der Waals surface area (Å²) >= 11 is 1.00. The molecule has 0 saturated heterocycles. The number of carbonyl (C=O) groups excluding carboxylic acids is 1. The van der Waals surface area contributed by atoms with E-state index in [4.69, 9.17) is 5.84 Å². The molecule has 0 saturated carbocycles. The monoisotopic (exact) mass is 388 g/mol. The molecular weight excluding hydrogens is 375 g/mol. The van der Waals surface area contributed by atoms with Gasteiger partial charge in [0.25, 0.3) is 5.69 Å². The van der Waals surface area contributed by atoms with Crippen molar-refractivity contribution in [3.63, 3.8) is 0 Å². The lowest BCUT2D eigenvalue weighted by Gasteiger charge is -2.06. The predicted molar refractivity (Wildman–Crippen MR) is 98.0 cm³/mol. The molecule has 3 N–H and O–H groups in total. The minimum absolute atomic E-state index is 0.133. The van der Waals surface area contributed by atoms with Crippen LogP contribution in [0.2, 0.25) is 0 Å². The Morgan fingerprint density at radius 1 is 1.26 bits per heavy atom. The predicted octanol–water partition coefficient (Wildman–Crippen LogP) is 2.44. The number of nitro groups is 1. The smallest absolute Gasteiger partial charge is 0.271 e. The van der Waals surface area contributed by atoms with Gasteiger partial charge in [-0.05, 0) is 6.07 Å². The van der Waals surface area contributed by atoms with Gasteiger partial charge in [-0.1, -0.05) is 42.1 Å². The third kappa shape index (κ3) is 4.20. The average Bonchev–Trinajstić information content (AvgIpc) is 3.03. The molecule has 0 atom stereocenters. The quantitative estimate of drug-likeness (QED) is 0.287. The number of nitrogen functional groups attached to an aromatic ring is 1. The highest BCUT2D eigenvalue weighted by Gasteiger charge is 2.16.